The first kappa shape index (κ1) is 16.5. The lowest BCUT2D eigenvalue weighted by molar-refractivity contribution is 0.0168. The molecule has 0 spiro atoms. The number of thiophene rings is 1. The molecule has 21 heavy (non-hydrogen) atoms. The van der Waals surface area contributed by atoms with Crippen molar-refractivity contribution in [3.8, 4) is 11.8 Å². The number of nitrogens with zero attached hydrogens (tertiary/aromatic N) is 2. The van der Waals surface area contributed by atoms with Gasteiger partial charge in [-0.1, -0.05) is 11.8 Å². The Morgan fingerprint density at radius 2 is 1.95 bits per heavy atom. The molecule has 1 saturated heterocycles. The van der Waals surface area contributed by atoms with E-state index in [1.165, 1.54) is 4.88 Å². The Balaban J connectivity index is 1.79. The van der Waals surface area contributed by atoms with Crippen molar-refractivity contribution in [2.45, 2.75) is 26.0 Å². The minimum absolute atomic E-state index is 0.411. The molecule has 0 aliphatic carbocycles. The molecule has 1 aliphatic rings. The van der Waals surface area contributed by atoms with Crippen molar-refractivity contribution >= 4 is 11.3 Å². The minimum Gasteiger partial charge on any atom is -0.389 e. The Bertz CT molecular complexity index is 502. The van der Waals surface area contributed by atoms with Gasteiger partial charge in [0.15, 0.2) is 0 Å². The van der Waals surface area contributed by atoms with E-state index in [0.717, 1.165) is 44.8 Å². The third kappa shape index (κ3) is 5.77. The van der Waals surface area contributed by atoms with Crippen molar-refractivity contribution in [1.82, 2.24) is 9.80 Å². The predicted octanol–water partition coefficient (Wildman–Crippen LogP) is 0.947. The van der Waals surface area contributed by atoms with Gasteiger partial charge in [-0.05, 0) is 19.9 Å². The van der Waals surface area contributed by atoms with E-state index in [1.807, 2.05) is 13.8 Å². The molecule has 0 amide bonds. The fraction of sp³-hybridized carbons (Fsp3) is 0.625. The average molecular weight is 307 g/mol. The van der Waals surface area contributed by atoms with Crippen LogP contribution in [0.2, 0.25) is 0 Å². The van der Waals surface area contributed by atoms with Crippen LogP contribution in [0, 0.1) is 11.8 Å². The molecule has 0 unspecified atom stereocenters. The van der Waals surface area contributed by atoms with Gasteiger partial charge >= 0.3 is 0 Å². The molecule has 116 valence electrons. The maximum Gasteiger partial charge on any atom is 0.0718 e. The monoisotopic (exact) mass is 307 g/mol. The summed E-state index contributed by atoms with van der Waals surface area (Å²) in [6.07, 6.45) is 0. The van der Waals surface area contributed by atoms with Crippen molar-refractivity contribution in [2.75, 3.05) is 39.3 Å². The van der Waals surface area contributed by atoms with E-state index in [9.17, 15) is 5.11 Å². The van der Waals surface area contributed by atoms with Crippen molar-refractivity contribution in [3.05, 3.63) is 21.9 Å². The van der Waals surface area contributed by atoms with E-state index in [-0.39, 0.29) is 0 Å². The van der Waals surface area contributed by atoms with Crippen LogP contribution in [0.5, 0.6) is 0 Å². The zero-order valence-corrected chi connectivity index (χ0v) is 13.7. The number of piperazine rings is 1. The number of aliphatic hydroxyl groups is 1. The molecular weight excluding hydrogens is 282 g/mol. The molecule has 2 rings (SSSR count). The SMILES string of the molecule is CC(C)(O)CN1CCN(Cc2cc(C#CCN)cs2)CC1. The fourth-order valence-corrected chi connectivity index (χ4v) is 3.41. The second kappa shape index (κ2) is 7.39. The summed E-state index contributed by atoms with van der Waals surface area (Å²) >= 11 is 1.77. The molecule has 4 nitrogen and oxygen atoms in total. The summed E-state index contributed by atoms with van der Waals surface area (Å²) in [5, 5.41) is 12.0. The van der Waals surface area contributed by atoms with Crippen LogP contribution in [-0.4, -0.2) is 59.8 Å². The molecule has 5 heteroatoms. The Hall–Kier alpha value is -0.900. The van der Waals surface area contributed by atoms with Crippen LogP contribution < -0.4 is 5.73 Å². The smallest absolute Gasteiger partial charge is 0.0718 e. The molecule has 0 radical (unpaired) electrons. The van der Waals surface area contributed by atoms with Gasteiger partial charge in [0.1, 0.15) is 0 Å². The Kier molecular flexibility index (Phi) is 5.80. The number of hydrogen-bond acceptors (Lipinski definition) is 5. The molecular formula is C16H25N3OS. The van der Waals surface area contributed by atoms with Crippen molar-refractivity contribution in [2.24, 2.45) is 5.73 Å². The van der Waals surface area contributed by atoms with Gasteiger partial charge in [-0.2, -0.15) is 0 Å². The van der Waals surface area contributed by atoms with Gasteiger partial charge in [0.05, 0.1) is 12.1 Å². The first-order valence-corrected chi connectivity index (χ1v) is 8.28. The van der Waals surface area contributed by atoms with E-state index in [4.69, 9.17) is 5.73 Å². The molecule has 1 aromatic heterocycles. The number of rotatable bonds is 4. The van der Waals surface area contributed by atoms with Gasteiger partial charge < -0.3 is 10.8 Å². The Labute approximate surface area is 131 Å². The Morgan fingerprint density at radius 1 is 1.29 bits per heavy atom. The molecule has 0 saturated carbocycles. The van der Waals surface area contributed by atoms with E-state index < -0.39 is 5.60 Å². The lowest BCUT2D eigenvalue weighted by Crippen LogP contribution is -2.50. The zero-order valence-electron chi connectivity index (χ0n) is 12.9. The van der Waals surface area contributed by atoms with Gasteiger partial charge in [0, 0.05) is 55.1 Å². The molecule has 2 heterocycles. The third-order valence-electron chi connectivity index (χ3n) is 3.44. The van der Waals surface area contributed by atoms with E-state index >= 15 is 0 Å². The first-order chi connectivity index (χ1) is 9.96. The summed E-state index contributed by atoms with van der Waals surface area (Å²) < 4.78 is 0. The molecule has 0 bridgehead atoms. The van der Waals surface area contributed by atoms with Crippen LogP contribution in [0.4, 0.5) is 0 Å². The summed E-state index contributed by atoms with van der Waals surface area (Å²) in [5.41, 5.74) is 5.85. The molecule has 0 atom stereocenters. The standard InChI is InChI=1S/C16H25N3OS/c1-16(2,20)13-19-8-6-18(7-9-19)11-15-10-14(12-21-15)4-3-5-17/h10,12,20H,5-9,11,13,17H2,1-2H3. The quantitative estimate of drug-likeness (QED) is 0.813. The first-order valence-electron chi connectivity index (χ1n) is 7.40. The highest BCUT2D eigenvalue weighted by atomic mass is 32.1. The van der Waals surface area contributed by atoms with Crippen molar-refractivity contribution in [1.29, 1.82) is 0 Å². The fourth-order valence-electron chi connectivity index (χ4n) is 2.56. The summed E-state index contributed by atoms with van der Waals surface area (Å²) in [4.78, 5) is 6.16. The highest BCUT2D eigenvalue weighted by molar-refractivity contribution is 7.10. The highest BCUT2D eigenvalue weighted by Crippen LogP contribution is 2.17. The van der Waals surface area contributed by atoms with Crippen LogP contribution in [0.1, 0.15) is 24.3 Å². The van der Waals surface area contributed by atoms with Crippen LogP contribution in [0.25, 0.3) is 0 Å². The molecule has 1 fully saturated rings. The average Bonchev–Trinajstić information content (AvgIpc) is 2.85. The number of nitrogens with two attached hydrogens (primary N) is 1. The minimum atomic E-state index is -0.605. The van der Waals surface area contributed by atoms with Gasteiger partial charge in [0.25, 0.3) is 0 Å². The molecule has 0 aromatic carbocycles. The summed E-state index contributed by atoms with van der Waals surface area (Å²) in [6.45, 7) is 10.0. The number of β-amino-alcohol motifs (C(OH)–C–C–N with tert-alkyl or cyclic N) is 1. The predicted molar refractivity (Wildman–Crippen MR) is 88.3 cm³/mol. The topological polar surface area (TPSA) is 52.7 Å². The maximum atomic E-state index is 9.87. The van der Waals surface area contributed by atoms with E-state index in [0.29, 0.717) is 6.54 Å². The lowest BCUT2D eigenvalue weighted by atomic mass is 10.1. The lowest BCUT2D eigenvalue weighted by Gasteiger charge is -2.37. The van der Waals surface area contributed by atoms with Gasteiger partial charge in [-0.3, -0.25) is 9.80 Å². The van der Waals surface area contributed by atoms with Crippen LogP contribution >= 0.6 is 11.3 Å². The normalized spacial score (nSPS) is 17.5. The number of hydrogen-bond donors (Lipinski definition) is 2. The summed E-state index contributed by atoms with van der Waals surface area (Å²) in [5.74, 6) is 5.97. The summed E-state index contributed by atoms with van der Waals surface area (Å²) in [6, 6.07) is 2.16. The van der Waals surface area contributed by atoms with Gasteiger partial charge in [0.2, 0.25) is 0 Å². The molecule has 1 aliphatic heterocycles. The van der Waals surface area contributed by atoms with Crippen LogP contribution in [0.15, 0.2) is 11.4 Å². The Morgan fingerprint density at radius 3 is 2.57 bits per heavy atom. The molecule has 1 aromatic rings. The van der Waals surface area contributed by atoms with Crippen molar-refractivity contribution in [3.63, 3.8) is 0 Å². The maximum absolute atomic E-state index is 9.87. The van der Waals surface area contributed by atoms with E-state index in [1.54, 1.807) is 11.3 Å². The summed E-state index contributed by atoms with van der Waals surface area (Å²) in [7, 11) is 0. The largest absolute Gasteiger partial charge is 0.389 e. The molecule has 3 N–H and O–H groups in total. The van der Waals surface area contributed by atoms with Gasteiger partial charge in [-0.25, -0.2) is 0 Å². The highest BCUT2D eigenvalue weighted by Gasteiger charge is 2.22. The van der Waals surface area contributed by atoms with Crippen LogP contribution in [0.3, 0.4) is 0 Å². The van der Waals surface area contributed by atoms with E-state index in [2.05, 4.69) is 33.1 Å². The van der Waals surface area contributed by atoms with Gasteiger partial charge in [-0.15, -0.1) is 11.3 Å². The zero-order chi connectivity index (χ0) is 15.3. The third-order valence-corrected chi connectivity index (χ3v) is 4.36. The van der Waals surface area contributed by atoms with Crippen LogP contribution in [-0.2, 0) is 6.54 Å². The van der Waals surface area contributed by atoms with Crippen molar-refractivity contribution < 1.29 is 5.11 Å². The second-order valence-electron chi connectivity index (χ2n) is 6.17. The second-order valence-corrected chi connectivity index (χ2v) is 7.17.